The highest BCUT2D eigenvalue weighted by Crippen LogP contribution is 2.06. The third-order valence-electron chi connectivity index (χ3n) is 2.15. The molecule has 0 spiro atoms. The van der Waals surface area contributed by atoms with Crippen LogP contribution in [-0.4, -0.2) is 24.4 Å². The van der Waals surface area contributed by atoms with Crippen LogP contribution in [0.15, 0.2) is 23.0 Å². The summed E-state index contributed by atoms with van der Waals surface area (Å²) >= 11 is 0. The molecule has 4 nitrogen and oxygen atoms in total. The minimum absolute atomic E-state index is 0.0636. The molecule has 0 aliphatic rings. The van der Waals surface area contributed by atoms with Crippen LogP contribution in [0.3, 0.4) is 0 Å². The molecule has 1 amide bonds. The largest absolute Gasteiger partial charge is 0.472 e. The summed E-state index contributed by atoms with van der Waals surface area (Å²) in [5, 5.41) is 0. The van der Waals surface area contributed by atoms with Gasteiger partial charge in [-0.1, -0.05) is 6.92 Å². The lowest BCUT2D eigenvalue weighted by atomic mass is 10.1. The summed E-state index contributed by atoms with van der Waals surface area (Å²) in [6.45, 7) is 2.78. The molecule has 1 atom stereocenters. The van der Waals surface area contributed by atoms with Crippen LogP contribution in [0.1, 0.15) is 12.5 Å². The zero-order valence-electron chi connectivity index (χ0n) is 8.56. The number of nitrogens with two attached hydrogens (primary N) is 1. The topological polar surface area (TPSA) is 59.5 Å². The van der Waals surface area contributed by atoms with E-state index in [0.717, 1.165) is 5.56 Å². The molecule has 14 heavy (non-hydrogen) atoms. The van der Waals surface area contributed by atoms with Gasteiger partial charge in [0.05, 0.1) is 12.5 Å². The zero-order valence-corrected chi connectivity index (χ0v) is 8.56. The molecule has 2 N–H and O–H groups in total. The molecule has 0 aliphatic carbocycles. The first kappa shape index (κ1) is 10.8. The monoisotopic (exact) mass is 196 g/mol. The lowest BCUT2D eigenvalue weighted by molar-refractivity contribution is -0.133. The molecule has 0 fully saturated rings. The van der Waals surface area contributed by atoms with E-state index in [2.05, 4.69) is 0 Å². The number of amides is 1. The number of rotatable bonds is 4. The molecule has 1 heterocycles. The number of furan rings is 1. The van der Waals surface area contributed by atoms with Gasteiger partial charge in [-0.3, -0.25) is 4.79 Å². The van der Waals surface area contributed by atoms with Crippen molar-refractivity contribution in [2.24, 2.45) is 11.7 Å². The highest BCUT2D eigenvalue weighted by molar-refractivity contribution is 5.78. The third-order valence-corrected chi connectivity index (χ3v) is 2.15. The maximum Gasteiger partial charge on any atom is 0.226 e. The molecule has 1 aromatic rings. The second kappa shape index (κ2) is 4.81. The first-order valence-electron chi connectivity index (χ1n) is 4.61. The molecule has 1 unspecified atom stereocenters. The number of hydrogen-bond donors (Lipinski definition) is 1. The number of carbonyl (C=O) groups excluding carboxylic acids is 1. The summed E-state index contributed by atoms with van der Waals surface area (Å²) < 4.78 is 4.92. The van der Waals surface area contributed by atoms with Gasteiger partial charge in [0.1, 0.15) is 0 Å². The number of hydrogen-bond acceptors (Lipinski definition) is 3. The molecule has 0 saturated heterocycles. The molecular weight excluding hydrogens is 180 g/mol. The highest BCUT2D eigenvalue weighted by Gasteiger charge is 2.15. The molecule has 4 heteroatoms. The fraction of sp³-hybridized carbons (Fsp3) is 0.500. The maximum absolute atomic E-state index is 11.6. The van der Waals surface area contributed by atoms with Crippen molar-refractivity contribution in [3.8, 4) is 0 Å². The lowest BCUT2D eigenvalue weighted by Crippen LogP contribution is -2.34. The van der Waals surface area contributed by atoms with Crippen LogP contribution in [0.2, 0.25) is 0 Å². The molecule has 0 aromatic carbocycles. The molecule has 0 radical (unpaired) electrons. The van der Waals surface area contributed by atoms with Crippen molar-refractivity contribution in [3.63, 3.8) is 0 Å². The van der Waals surface area contributed by atoms with Crippen molar-refractivity contribution in [3.05, 3.63) is 24.2 Å². The quantitative estimate of drug-likeness (QED) is 0.776. The fourth-order valence-corrected chi connectivity index (χ4v) is 1.21. The van der Waals surface area contributed by atoms with Gasteiger partial charge in [0.15, 0.2) is 0 Å². The lowest BCUT2D eigenvalue weighted by Gasteiger charge is -2.19. The Morgan fingerprint density at radius 3 is 2.93 bits per heavy atom. The molecule has 1 aromatic heterocycles. The van der Waals surface area contributed by atoms with E-state index in [1.807, 2.05) is 13.0 Å². The minimum Gasteiger partial charge on any atom is -0.472 e. The van der Waals surface area contributed by atoms with Gasteiger partial charge in [-0.2, -0.15) is 0 Å². The Balaban J connectivity index is 2.50. The van der Waals surface area contributed by atoms with Crippen molar-refractivity contribution in [1.82, 2.24) is 4.90 Å². The van der Waals surface area contributed by atoms with Gasteiger partial charge in [0.25, 0.3) is 0 Å². The van der Waals surface area contributed by atoms with Gasteiger partial charge in [0, 0.05) is 31.6 Å². The standard InChI is InChI=1S/C10H16N2O2/c1-8(5-11)10(13)12(2)6-9-3-4-14-7-9/h3-4,7-8H,5-6,11H2,1-2H3. The van der Waals surface area contributed by atoms with E-state index in [0.29, 0.717) is 13.1 Å². The van der Waals surface area contributed by atoms with E-state index < -0.39 is 0 Å². The van der Waals surface area contributed by atoms with Crippen LogP contribution in [-0.2, 0) is 11.3 Å². The van der Waals surface area contributed by atoms with E-state index in [1.165, 1.54) is 0 Å². The van der Waals surface area contributed by atoms with Crippen LogP contribution in [0.25, 0.3) is 0 Å². The van der Waals surface area contributed by atoms with E-state index in [-0.39, 0.29) is 11.8 Å². The predicted molar refractivity (Wildman–Crippen MR) is 53.4 cm³/mol. The van der Waals surface area contributed by atoms with Gasteiger partial charge in [0.2, 0.25) is 5.91 Å². The Morgan fingerprint density at radius 2 is 2.43 bits per heavy atom. The van der Waals surface area contributed by atoms with Crippen LogP contribution < -0.4 is 5.73 Å². The first-order valence-corrected chi connectivity index (χ1v) is 4.61. The van der Waals surface area contributed by atoms with Gasteiger partial charge >= 0.3 is 0 Å². The molecule has 0 bridgehead atoms. The maximum atomic E-state index is 11.6. The van der Waals surface area contributed by atoms with Crippen LogP contribution >= 0.6 is 0 Å². The summed E-state index contributed by atoms with van der Waals surface area (Å²) in [6, 6.07) is 1.84. The van der Waals surface area contributed by atoms with E-state index in [4.69, 9.17) is 10.2 Å². The zero-order chi connectivity index (χ0) is 10.6. The highest BCUT2D eigenvalue weighted by atomic mass is 16.3. The van der Waals surface area contributed by atoms with Gasteiger partial charge in [-0.15, -0.1) is 0 Å². The van der Waals surface area contributed by atoms with E-state index in [9.17, 15) is 4.79 Å². The van der Waals surface area contributed by atoms with Crippen molar-refractivity contribution < 1.29 is 9.21 Å². The van der Waals surface area contributed by atoms with E-state index >= 15 is 0 Å². The van der Waals surface area contributed by atoms with Crippen LogP contribution in [0.5, 0.6) is 0 Å². The summed E-state index contributed by atoms with van der Waals surface area (Å²) in [7, 11) is 1.77. The van der Waals surface area contributed by atoms with Gasteiger partial charge < -0.3 is 15.1 Å². The van der Waals surface area contributed by atoms with Crippen LogP contribution in [0.4, 0.5) is 0 Å². The fourth-order valence-electron chi connectivity index (χ4n) is 1.21. The molecule has 78 valence electrons. The number of carbonyl (C=O) groups is 1. The molecule has 0 aliphatic heterocycles. The summed E-state index contributed by atoms with van der Waals surface area (Å²) in [4.78, 5) is 13.3. The van der Waals surface area contributed by atoms with Crippen LogP contribution in [0, 0.1) is 5.92 Å². The average Bonchev–Trinajstić information content (AvgIpc) is 2.68. The average molecular weight is 196 g/mol. The van der Waals surface area contributed by atoms with Crippen molar-refractivity contribution in [1.29, 1.82) is 0 Å². The van der Waals surface area contributed by atoms with E-state index in [1.54, 1.807) is 24.5 Å². The summed E-state index contributed by atoms with van der Waals surface area (Å²) in [5.74, 6) is -0.0550. The summed E-state index contributed by atoms with van der Waals surface area (Å²) in [6.07, 6.45) is 3.23. The second-order valence-corrected chi connectivity index (χ2v) is 3.46. The van der Waals surface area contributed by atoms with Gasteiger partial charge in [-0.25, -0.2) is 0 Å². The second-order valence-electron chi connectivity index (χ2n) is 3.46. The number of nitrogens with zero attached hydrogens (tertiary/aromatic N) is 1. The Morgan fingerprint density at radius 1 is 1.71 bits per heavy atom. The summed E-state index contributed by atoms with van der Waals surface area (Å²) in [5.41, 5.74) is 6.41. The Hall–Kier alpha value is -1.29. The smallest absolute Gasteiger partial charge is 0.226 e. The van der Waals surface area contributed by atoms with Crippen molar-refractivity contribution >= 4 is 5.91 Å². The van der Waals surface area contributed by atoms with Gasteiger partial charge in [-0.05, 0) is 6.07 Å². The Labute approximate surface area is 83.7 Å². The van der Waals surface area contributed by atoms with Crippen molar-refractivity contribution in [2.45, 2.75) is 13.5 Å². The molecule has 1 rings (SSSR count). The first-order chi connectivity index (χ1) is 6.65. The third kappa shape index (κ3) is 2.60. The molecule has 0 saturated carbocycles. The van der Waals surface area contributed by atoms with Crippen molar-refractivity contribution in [2.75, 3.05) is 13.6 Å². The normalized spacial score (nSPS) is 12.5. The Kier molecular flexibility index (Phi) is 3.71. The minimum atomic E-state index is -0.119. The Bertz CT molecular complexity index is 282. The predicted octanol–water partition coefficient (Wildman–Crippen LogP) is 0.833. The SMILES string of the molecule is CC(CN)C(=O)N(C)Cc1ccoc1. The molecular formula is C10H16N2O2.